The molecule has 0 fully saturated rings. The number of carbonyl (C=O) groups excluding carboxylic acids is 1. The lowest BCUT2D eigenvalue weighted by Gasteiger charge is -2.12. The zero-order valence-corrected chi connectivity index (χ0v) is 16.1. The number of amides is 1. The maximum absolute atomic E-state index is 14.2. The SMILES string of the molecule is CCCCCNC(=S)NNC(=O)c1c(-c2c(F)cccc2Cl)noc1C. The van der Waals surface area contributed by atoms with Crippen molar-refractivity contribution in [2.24, 2.45) is 0 Å². The Kier molecular flexibility index (Phi) is 7.35. The van der Waals surface area contributed by atoms with Gasteiger partial charge in [-0.3, -0.25) is 15.6 Å². The highest BCUT2D eigenvalue weighted by atomic mass is 35.5. The molecule has 0 atom stereocenters. The molecule has 0 unspecified atom stereocenters. The first-order chi connectivity index (χ1) is 12.5. The standard InChI is InChI=1S/C17H20ClFN4O2S/c1-3-4-5-9-20-17(26)22-21-16(24)13-10(2)25-23-15(13)14-11(18)7-6-8-12(14)19/h6-8H,3-5,9H2,1-2H3,(H,21,24)(H2,20,22,26). The van der Waals surface area contributed by atoms with Gasteiger partial charge >= 0.3 is 0 Å². The number of halogens is 2. The molecule has 3 N–H and O–H groups in total. The summed E-state index contributed by atoms with van der Waals surface area (Å²) in [6.07, 6.45) is 3.17. The van der Waals surface area contributed by atoms with E-state index in [0.717, 1.165) is 19.3 Å². The molecule has 0 aliphatic rings. The largest absolute Gasteiger partial charge is 0.361 e. The molecule has 140 valence electrons. The van der Waals surface area contributed by atoms with E-state index in [1.165, 1.54) is 18.2 Å². The molecule has 0 aliphatic heterocycles. The van der Waals surface area contributed by atoms with Crippen molar-refractivity contribution in [3.05, 3.63) is 40.4 Å². The van der Waals surface area contributed by atoms with Gasteiger partial charge in [-0.15, -0.1) is 0 Å². The fourth-order valence-corrected chi connectivity index (χ4v) is 2.74. The second kappa shape index (κ2) is 9.49. The van der Waals surface area contributed by atoms with Crippen molar-refractivity contribution >= 4 is 34.8 Å². The molecule has 1 aromatic carbocycles. The van der Waals surface area contributed by atoms with Crippen molar-refractivity contribution in [3.8, 4) is 11.3 Å². The number of aromatic nitrogens is 1. The van der Waals surface area contributed by atoms with E-state index in [4.69, 9.17) is 28.3 Å². The Bertz CT molecular complexity index is 777. The average Bonchev–Trinajstić information content (AvgIpc) is 2.98. The van der Waals surface area contributed by atoms with Gasteiger partial charge in [-0.05, 0) is 37.7 Å². The topological polar surface area (TPSA) is 79.2 Å². The van der Waals surface area contributed by atoms with Crippen LogP contribution in [-0.4, -0.2) is 22.7 Å². The van der Waals surface area contributed by atoms with Gasteiger partial charge in [0.15, 0.2) is 5.11 Å². The molecule has 26 heavy (non-hydrogen) atoms. The molecule has 0 saturated heterocycles. The van der Waals surface area contributed by atoms with Crippen LogP contribution in [0.4, 0.5) is 4.39 Å². The fourth-order valence-electron chi connectivity index (χ4n) is 2.33. The zero-order chi connectivity index (χ0) is 19.1. The fraction of sp³-hybridized carbons (Fsp3) is 0.353. The van der Waals surface area contributed by atoms with Crippen molar-refractivity contribution in [1.82, 2.24) is 21.3 Å². The van der Waals surface area contributed by atoms with Gasteiger partial charge in [-0.2, -0.15) is 0 Å². The van der Waals surface area contributed by atoms with Crippen LogP contribution >= 0.6 is 23.8 Å². The Morgan fingerprint density at radius 1 is 1.35 bits per heavy atom. The van der Waals surface area contributed by atoms with Gasteiger partial charge in [0.2, 0.25) is 0 Å². The number of hydrogen-bond acceptors (Lipinski definition) is 4. The summed E-state index contributed by atoms with van der Waals surface area (Å²) >= 11 is 11.2. The Hall–Kier alpha value is -2.19. The molecule has 6 nitrogen and oxygen atoms in total. The minimum atomic E-state index is -0.596. The molecule has 1 aromatic heterocycles. The third kappa shape index (κ3) is 4.92. The summed E-state index contributed by atoms with van der Waals surface area (Å²) in [5.41, 5.74) is 5.19. The average molecular weight is 399 g/mol. The van der Waals surface area contributed by atoms with Gasteiger partial charge in [0.05, 0.1) is 10.6 Å². The maximum Gasteiger partial charge on any atom is 0.275 e. The predicted molar refractivity (Wildman–Crippen MR) is 102 cm³/mol. The Morgan fingerprint density at radius 3 is 2.81 bits per heavy atom. The van der Waals surface area contributed by atoms with Crippen LogP contribution in [0.15, 0.2) is 22.7 Å². The van der Waals surface area contributed by atoms with E-state index in [0.29, 0.717) is 6.54 Å². The van der Waals surface area contributed by atoms with Gasteiger partial charge in [0.25, 0.3) is 5.91 Å². The maximum atomic E-state index is 14.2. The molecule has 1 heterocycles. The van der Waals surface area contributed by atoms with Crippen molar-refractivity contribution in [2.45, 2.75) is 33.1 Å². The van der Waals surface area contributed by atoms with E-state index >= 15 is 0 Å². The van der Waals surface area contributed by atoms with Crippen LogP contribution < -0.4 is 16.2 Å². The number of nitrogens with zero attached hydrogens (tertiary/aromatic N) is 1. The van der Waals surface area contributed by atoms with Crippen LogP contribution in [-0.2, 0) is 0 Å². The van der Waals surface area contributed by atoms with Crippen LogP contribution in [0.1, 0.15) is 42.3 Å². The summed E-state index contributed by atoms with van der Waals surface area (Å²) in [4.78, 5) is 12.5. The van der Waals surface area contributed by atoms with Crippen LogP contribution in [0, 0.1) is 12.7 Å². The van der Waals surface area contributed by atoms with Gasteiger partial charge in [-0.1, -0.05) is 42.6 Å². The summed E-state index contributed by atoms with van der Waals surface area (Å²) < 4.78 is 19.2. The number of unbranched alkanes of at least 4 members (excludes halogenated alkanes) is 2. The first-order valence-corrected chi connectivity index (χ1v) is 8.99. The van der Waals surface area contributed by atoms with Crippen LogP contribution in [0.2, 0.25) is 5.02 Å². The second-order valence-electron chi connectivity index (χ2n) is 5.60. The lowest BCUT2D eigenvalue weighted by molar-refractivity contribution is 0.0942. The normalized spacial score (nSPS) is 10.5. The number of hydrazine groups is 1. The number of carbonyl (C=O) groups is 1. The predicted octanol–water partition coefficient (Wildman–Crippen LogP) is 3.74. The van der Waals surface area contributed by atoms with E-state index < -0.39 is 11.7 Å². The van der Waals surface area contributed by atoms with E-state index in [1.807, 2.05) is 0 Å². The van der Waals surface area contributed by atoms with Crippen molar-refractivity contribution in [2.75, 3.05) is 6.54 Å². The highest BCUT2D eigenvalue weighted by molar-refractivity contribution is 7.80. The molecule has 0 saturated carbocycles. The monoisotopic (exact) mass is 398 g/mol. The molecule has 0 spiro atoms. The summed E-state index contributed by atoms with van der Waals surface area (Å²) in [5, 5.41) is 7.19. The third-order valence-corrected chi connectivity index (χ3v) is 4.21. The molecule has 0 aliphatic carbocycles. The Morgan fingerprint density at radius 2 is 2.12 bits per heavy atom. The Labute approximate surface area is 161 Å². The minimum absolute atomic E-state index is 0.0106. The lowest BCUT2D eigenvalue weighted by atomic mass is 10.1. The van der Waals surface area contributed by atoms with Gasteiger partial charge in [0, 0.05) is 6.54 Å². The first-order valence-electron chi connectivity index (χ1n) is 8.20. The molecular formula is C17H20ClFN4O2S. The molecule has 0 radical (unpaired) electrons. The van der Waals surface area contributed by atoms with E-state index in [1.54, 1.807) is 6.92 Å². The molecule has 1 amide bonds. The molecule has 0 bridgehead atoms. The number of thiocarbonyl (C=S) groups is 1. The molecule has 9 heteroatoms. The number of rotatable bonds is 6. The van der Waals surface area contributed by atoms with Crippen LogP contribution in [0.5, 0.6) is 0 Å². The van der Waals surface area contributed by atoms with Crippen LogP contribution in [0.3, 0.4) is 0 Å². The zero-order valence-electron chi connectivity index (χ0n) is 14.5. The van der Waals surface area contributed by atoms with E-state index in [9.17, 15) is 9.18 Å². The number of hydrogen-bond donors (Lipinski definition) is 3. The number of nitrogens with one attached hydrogen (secondary N) is 3. The highest BCUT2D eigenvalue weighted by Crippen LogP contribution is 2.33. The summed E-state index contributed by atoms with van der Waals surface area (Å²) in [5.74, 6) is -0.919. The second-order valence-corrected chi connectivity index (χ2v) is 6.42. The smallest absolute Gasteiger partial charge is 0.275 e. The molecule has 2 rings (SSSR count). The quantitative estimate of drug-likeness (QED) is 0.391. The minimum Gasteiger partial charge on any atom is -0.361 e. The number of benzene rings is 1. The summed E-state index contributed by atoms with van der Waals surface area (Å²) in [6.45, 7) is 4.37. The van der Waals surface area contributed by atoms with Gasteiger partial charge in [-0.25, -0.2) is 4.39 Å². The third-order valence-electron chi connectivity index (χ3n) is 3.64. The van der Waals surface area contributed by atoms with E-state index in [2.05, 4.69) is 28.2 Å². The lowest BCUT2D eigenvalue weighted by Crippen LogP contribution is -2.47. The van der Waals surface area contributed by atoms with Crippen molar-refractivity contribution < 1.29 is 13.7 Å². The molecular weight excluding hydrogens is 379 g/mol. The summed E-state index contributed by atoms with van der Waals surface area (Å²) in [7, 11) is 0. The van der Waals surface area contributed by atoms with Crippen LogP contribution in [0.25, 0.3) is 11.3 Å². The van der Waals surface area contributed by atoms with E-state index in [-0.39, 0.29) is 32.7 Å². The van der Waals surface area contributed by atoms with Crippen molar-refractivity contribution in [3.63, 3.8) is 0 Å². The van der Waals surface area contributed by atoms with Gasteiger partial charge in [0.1, 0.15) is 22.8 Å². The number of aryl methyl sites for hydroxylation is 1. The Balaban J connectivity index is 2.09. The summed E-state index contributed by atoms with van der Waals surface area (Å²) in [6, 6.07) is 4.22. The van der Waals surface area contributed by atoms with Gasteiger partial charge < -0.3 is 9.84 Å². The molecule has 2 aromatic rings. The highest BCUT2D eigenvalue weighted by Gasteiger charge is 2.25. The first kappa shape index (κ1) is 20.1. The van der Waals surface area contributed by atoms with Crippen molar-refractivity contribution in [1.29, 1.82) is 0 Å².